The molecule has 0 aromatic heterocycles. The van der Waals surface area contributed by atoms with E-state index in [2.05, 4.69) is 5.32 Å². The number of amides is 1. The minimum absolute atomic E-state index is 0.00302. The van der Waals surface area contributed by atoms with Crippen LogP contribution < -0.4 is 19.5 Å². The van der Waals surface area contributed by atoms with Gasteiger partial charge in [0, 0.05) is 12.0 Å². The van der Waals surface area contributed by atoms with E-state index in [1.54, 1.807) is 14.2 Å². The van der Waals surface area contributed by atoms with Crippen molar-refractivity contribution in [2.45, 2.75) is 25.8 Å². The van der Waals surface area contributed by atoms with Crippen LogP contribution in [0.2, 0.25) is 0 Å². The van der Waals surface area contributed by atoms with Gasteiger partial charge >= 0.3 is 0 Å². The number of benzene rings is 2. The van der Waals surface area contributed by atoms with Gasteiger partial charge in [0.05, 0.1) is 26.9 Å². The van der Waals surface area contributed by atoms with Crippen molar-refractivity contribution in [1.82, 2.24) is 5.32 Å². The van der Waals surface area contributed by atoms with Gasteiger partial charge in [0.25, 0.3) is 0 Å². The smallest absolute Gasteiger partial charge is 0.220 e. The lowest BCUT2D eigenvalue weighted by molar-refractivity contribution is -0.121. The molecular formula is C20H25NO4. The number of carbonyl (C=O) groups excluding carboxylic acids is 1. The van der Waals surface area contributed by atoms with Gasteiger partial charge in [-0.05, 0) is 43.7 Å². The highest BCUT2D eigenvalue weighted by Crippen LogP contribution is 2.24. The molecule has 2 aromatic carbocycles. The van der Waals surface area contributed by atoms with Crippen LogP contribution in [0.25, 0.3) is 0 Å². The first-order valence-electron chi connectivity index (χ1n) is 8.33. The van der Waals surface area contributed by atoms with Crippen molar-refractivity contribution in [1.29, 1.82) is 0 Å². The van der Waals surface area contributed by atoms with Gasteiger partial charge in [0.1, 0.15) is 17.2 Å². The Bertz CT molecular complexity index is 670. The quantitative estimate of drug-likeness (QED) is 0.705. The number of nitrogens with one attached hydrogen (secondary N) is 1. The highest BCUT2D eigenvalue weighted by molar-refractivity contribution is 5.76. The fraction of sp³-hybridized carbons (Fsp3) is 0.350. The fourth-order valence-electron chi connectivity index (χ4n) is 2.51. The summed E-state index contributed by atoms with van der Waals surface area (Å²) >= 11 is 0. The van der Waals surface area contributed by atoms with Crippen LogP contribution in [0.4, 0.5) is 0 Å². The summed E-state index contributed by atoms with van der Waals surface area (Å²) in [5.74, 6) is 2.33. The van der Waals surface area contributed by atoms with Crippen LogP contribution in [0.15, 0.2) is 48.5 Å². The third-order valence-electron chi connectivity index (χ3n) is 3.86. The second-order valence-electron chi connectivity index (χ2n) is 5.66. The standard InChI is InChI=1S/C20H25NO4/c1-15(18-7-4-5-8-19(18)24-3)21-20(22)9-6-14-25-17-12-10-16(23-2)11-13-17/h4-5,7-8,10-13,15H,6,9,14H2,1-3H3,(H,21,22)/t15-/m1/s1. The number of methoxy groups -OCH3 is 2. The molecule has 0 heterocycles. The summed E-state index contributed by atoms with van der Waals surface area (Å²) in [5, 5.41) is 2.99. The Morgan fingerprint density at radius 2 is 1.68 bits per heavy atom. The van der Waals surface area contributed by atoms with Gasteiger partial charge in [-0.2, -0.15) is 0 Å². The maximum Gasteiger partial charge on any atom is 0.220 e. The Morgan fingerprint density at radius 3 is 2.36 bits per heavy atom. The maximum atomic E-state index is 12.1. The molecule has 1 amide bonds. The van der Waals surface area contributed by atoms with Crippen molar-refractivity contribution in [2.75, 3.05) is 20.8 Å². The molecule has 0 aliphatic heterocycles. The second-order valence-corrected chi connectivity index (χ2v) is 5.66. The normalized spacial score (nSPS) is 11.5. The molecule has 0 fully saturated rings. The predicted molar refractivity (Wildman–Crippen MR) is 97.3 cm³/mol. The molecule has 0 bridgehead atoms. The SMILES string of the molecule is COc1ccc(OCCCC(=O)N[C@H](C)c2ccccc2OC)cc1. The van der Waals surface area contributed by atoms with E-state index < -0.39 is 0 Å². The average molecular weight is 343 g/mol. The molecule has 134 valence electrons. The third kappa shape index (κ3) is 5.71. The molecule has 0 aliphatic rings. The van der Waals surface area contributed by atoms with E-state index in [9.17, 15) is 4.79 Å². The topological polar surface area (TPSA) is 56.8 Å². The van der Waals surface area contributed by atoms with Gasteiger partial charge in [0.15, 0.2) is 0 Å². The van der Waals surface area contributed by atoms with Crippen LogP contribution in [0.3, 0.4) is 0 Å². The second kappa shape index (κ2) is 9.57. The van der Waals surface area contributed by atoms with E-state index in [0.29, 0.717) is 19.4 Å². The Morgan fingerprint density at radius 1 is 1.00 bits per heavy atom. The predicted octanol–water partition coefficient (Wildman–Crippen LogP) is 3.74. The van der Waals surface area contributed by atoms with E-state index in [-0.39, 0.29) is 11.9 Å². The van der Waals surface area contributed by atoms with Gasteiger partial charge in [-0.25, -0.2) is 0 Å². The lowest BCUT2D eigenvalue weighted by atomic mass is 10.1. The van der Waals surface area contributed by atoms with Gasteiger partial charge < -0.3 is 19.5 Å². The molecule has 2 aromatic rings. The van der Waals surface area contributed by atoms with Gasteiger partial charge in [-0.1, -0.05) is 18.2 Å². The Hall–Kier alpha value is -2.69. The number of carbonyl (C=O) groups is 1. The molecule has 5 heteroatoms. The van der Waals surface area contributed by atoms with Crippen molar-refractivity contribution in [2.24, 2.45) is 0 Å². The zero-order valence-corrected chi connectivity index (χ0v) is 15.0. The summed E-state index contributed by atoms with van der Waals surface area (Å²) in [4.78, 5) is 12.1. The molecule has 25 heavy (non-hydrogen) atoms. The van der Waals surface area contributed by atoms with Crippen LogP contribution in [0.5, 0.6) is 17.2 Å². The molecule has 0 aliphatic carbocycles. The first-order valence-corrected chi connectivity index (χ1v) is 8.33. The lowest BCUT2D eigenvalue weighted by Crippen LogP contribution is -2.27. The minimum Gasteiger partial charge on any atom is -0.497 e. The zero-order chi connectivity index (χ0) is 18.1. The number of ether oxygens (including phenoxy) is 3. The third-order valence-corrected chi connectivity index (χ3v) is 3.86. The van der Waals surface area contributed by atoms with E-state index in [1.165, 1.54) is 0 Å². The van der Waals surface area contributed by atoms with Crippen LogP contribution in [0, 0.1) is 0 Å². The number of para-hydroxylation sites is 1. The Kier molecular flexibility index (Phi) is 7.14. The van der Waals surface area contributed by atoms with Crippen LogP contribution in [0.1, 0.15) is 31.4 Å². The molecule has 0 unspecified atom stereocenters. The molecule has 0 radical (unpaired) electrons. The van der Waals surface area contributed by atoms with Crippen molar-refractivity contribution in [3.05, 3.63) is 54.1 Å². The molecule has 0 spiro atoms. The highest BCUT2D eigenvalue weighted by atomic mass is 16.5. The number of hydrogen-bond acceptors (Lipinski definition) is 4. The summed E-state index contributed by atoms with van der Waals surface area (Å²) < 4.78 is 16.1. The van der Waals surface area contributed by atoms with Crippen LogP contribution in [-0.4, -0.2) is 26.7 Å². The van der Waals surface area contributed by atoms with E-state index in [4.69, 9.17) is 14.2 Å². The Labute approximate surface area is 148 Å². The average Bonchev–Trinajstić information content (AvgIpc) is 2.65. The van der Waals surface area contributed by atoms with E-state index in [0.717, 1.165) is 22.8 Å². The van der Waals surface area contributed by atoms with Gasteiger partial charge in [0.2, 0.25) is 5.91 Å². The molecule has 0 saturated heterocycles. The van der Waals surface area contributed by atoms with Crippen molar-refractivity contribution in [3.8, 4) is 17.2 Å². The summed E-state index contributed by atoms with van der Waals surface area (Å²) in [6, 6.07) is 15.0. The summed E-state index contributed by atoms with van der Waals surface area (Å²) in [7, 11) is 3.25. The van der Waals surface area contributed by atoms with Crippen molar-refractivity contribution >= 4 is 5.91 Å². The van der Waals surface area contributed by atoms with Crippen molar-refractivity contribution in [3.63, 3.8) is 0 Å². The van der Waals surface area contributed by atoms with Crippen molar-refractivity contribution < 1.29 is 19.0 Å². The highest BCUT2D eigenvalue weighted by Gasteiger charge is 2.13. The maximum absolute atomic E-state index is 12.1. The minimum atomic E-state index is -0.105. The zero-order valence-electron chi connectivity index (χ0n) is 15.0. The largest absolute Gasteiger partial charge is 0.497 e. The molecular weight excluding hydrogens is 318 g/mol. The molecule has 1 N–H and O–H groups in total. The fourth-order valence-corrected chi connectivity index (χ4v) is 2.51. The molecule has 1 atom stereocenters. The van der Waals surface area contributed by atoms with Gasteiger partial charge in [-0.3, -0.25) is 4.79 Å². The summed E-state index contributed by atoms with van der Waals surface area (Å²) in [5.41, 5.74) is 0.966. The van der Waals surface area contributed by atoms with E-state index in [1.807, 2.05) is 55.5 Å². The van der Waals surface area contributed by atoms with E-state index >= 15 is 0 Å². The summed E-state index contributed by atoms with van der Waals surface area (Å²) in [6.45, 7) is 2.44. The van der Waals surface area contributed by atoms with Crippen LogP contribution >= 0.6 is 0 Å². The van der Waals surface area contributed by atoms with Crippen LogP contribution in [-0.2, 0) is 4.79 Å². The molecule has 2 rings (SSSR count). The summed E-state index contributed by atoms with van der Waals surface area (Å²) in [6.07, 6.45) is 1.06. The first kappa shape index (κ1) is 18.6. The Balaban J connectivity index is 1.73. The van der Waals surface area contributed by atoms with Gasteiger partial charge in [-0.15, -0.1) is 0 Å². The monoisotopic (exact) mass is 343 g/mol. The number of rotatable bonds is 9. The lowest BCUT2D eigenvalue weighted by Gasteiger charge is -2.17. The first-order chi connectivity index (χ1) is 12.1. The number of hydrogen-bond donors (Lipinski definition) is 1. The molecule has 5 nitrogen and oxygen atoms in total. The molecule has 0 saturated carbocycles.